The Bertz CT molecular complexity index is 3070. The topological polar surface area (TPSA) is 29.5 Å². The monoisotopic (exact) mass is 631 g/mol. The van der Waals surface area contributed by atoms with Crippen LogP contribution in [0.25, 0.3) is 85.6 Å². The molecule has 0 radical (unpaired) electrons. The Kier molecular flexibility index (Phi) is 5.26. The van der Waals surface area contributed by atoms with Crippen molar-refractivity contribution < 1.29 is 8.83 Å². The van der Waals surface area contributed by atoms with Gasteiger partial charge in [0.15, 0.2) is 0 Å². The third-order valence-electron chi connectivity index (χ3n) is 9.82. The Morgan fingerprint density at radius 2 is 1.04 bits per heavy atom. The van der Waals surface area contributed by atoms with Gasteiger partial charge in [0.25, 0.3) is 0 Å². The number of nitrogens with zero attached hydrogens (tertiary/aromatic N) is 1. The van der Waals surface area contributed by atoms with Gasteiger partial charge in [0.1, 0.15) is 22.3 Å². The highest BCUT2D eigenvalue weighted by Gasteiger charge is 2.20. The molecule has 0 spiro atoms. The number of hydrogen-bond acceptors (Lipinski definition) is 4. The summed E-state index contributed by atoms with van der Waals surface area (Å²) in [7, 11) is 0. The van der Waals surface area contributed by atoms with Crippen molar-refractivity contribution >= 4 is 114 Å². The van der Waals surface area contributed by atoms with Crippen LogP contribution in [-0.2, 0) is 0 Å². The first-order valence-corrected chi connectivity index (χ1v) is 17.0. The molecular weight excluding hydrogens is 607 g/mol. The summed E-state index contributed by atoms with van der Waals surface area (Å²) >= 11 is 1.83. The fourth-order valence-electron chi connectivity index (χ4n) is 7.69. The molecule has 0 unspecified atom stereocenters. The van der Waals surface area contributed by atoms with Gasteiger partial charge in [-0.2, -0.15) is 0 Å². The van der Waals surface area contributed by atoms with Crippen LogP contribution >= 0.6 is 11.3 Å². The number of rotatable bonds is 3. The van der Waals surface area contributed by atoms with Crippen LogP contribution in [0.15, 0.2) is 160 Å². The minimum absolute atomic E-state index is 0.876. The molecule has 4 heteroatoms. The highest BCUT2D eigenvalue weighted by atomic mass is 32.1. The van der Waals surface area contributed by atoms with Gasteiger partial charge in [-0.3, -0.25) is 0 Å². The van der Waals surface area contributed by atoms with Crippen LogP contribution in [0.4, 0.5) is 17.1 Å². The van der Waals surface area contributed by atoms with Gasteiger partial charge in [-0.15, -0.1) is 11.3 Å². The minimum atomic E-state index is 0.876. The summed E-state index contributed by atoms with van der Waals surface area (Å²) in [6.07, 6.45) is 0. The van der Waals surface area contributed by atoms with E-state index in [1.807, 2.05) is 11.3 Å². The van der Waals surface area contributed by atoms with E-state index in [2.05, 4.69) is 157 Å². The molecule has 224 valence electrons. The van der Waals surface area contributed by atoms with Gasteiger partial charge in [-0.25, -0.2) is 0 Å². The van der Waals surface area contributed by atoms with Crippen LogP contribution in [0.5, 0.6) is 0 Å². The average Bonchev–Trinajstić information content (AvgIpc) is 3.83. The van der Waals surface area contributed by atoms with E-state index in [-0.39, 0.29) is 0 Å². The van der Waals surface area contributed by atoms with Crippen molar-refractivity contribution in [1.82, 2.24) is 0 Å². The number of furan rings is 2. The van der Waals surface area contributed by atoms with Gasteiger partial charge in [0.2, 0.25) is 0 Å². The van der Waals surface area contributed by atoms with Crippen molar-refractivity contribution in [2.75, 3.05) is 4.90 Å². The predicted octanol–water partition coefficient (Wildman–Crippen LogP) is 13.6. The zero-order chi connectivity index (χ0) is 31.3. The molecule has 0 amide bonds. The van der Waals surface area contributed by atoms with Crippen molar-refractivity contribution in [3.05, 3.63) is 152 Å². The van der Waals surface area contributed by atoms with E-state index in [9.17, 15) is 0 Å². The van der Waals surface area contributed by atoms with E-state index in [4.69, 9.17) is 8.83 Å². The molecule has 11 aromatic rings. The van der Waals surface area contributed by atoms with Gasteiger partial charge in [0.05, 0.1) is 0 Å². The third kappa shape index (κ3) is 3.63. The minimum Gasteiger partial charge on any atom is -0.456 e. The molecule has 3 nitrogen and oxygen atoms in total. The molecule has 3 heterocycles. The number of thiophene rings is 1. The van der Waals surface area contributed by atoms with E-state index < -0.39 is 0 Å². The summed E-state index contributed by atoms with van der Waals surface area (Å²) in [6.45, 7) is 0. The molecule has 0 saturated heterocycles. The lowest BCUT2D eigenvalue weighted by molar-refractivity contribution is 0.669. The Balaban J connectivity index is 1.16. The maximum atomic E-state index is 6.58. The normalized spacial score (nSPS) is 12.2. The molecule has 0 bridgehead atoms. The average molecular weight is 632 g/mol. The number of para-hydroxylation sites is 1. The first kappa shape index (κ1) is 26.0. The molecule has 48 heavy (non-hydrogen) atoms. The molecule has 0 aliphatic heterocycles. The molecule has 0 saturated carbocycles. The molecule has 3 aromatic heterocycles. The highest BCUT2D eigenvalue weighted by molar-refractivity contribution is 7.26. The quantitative estimate of drug-likeness (QED) is 0.194. The lowest BCUT2D eigenvalue weighted by Gasteiger charge is -2.25. The fraction of sp³-hybridized carbons (Fsp3) is 0. The van der Waals surface area contributed by atoms with Gasteiger partial charge >= 0.3 is 0 Å². The first-order valence-electron chi connectivity index (χ1n) is 16.2. The number of anilines is 3. The van der Waals surface area contributed by atoms with Crippen LogP contribution in [0.2, 0.25) is 0 Å². The second-order valence-corrected chi connectivity index (χ2v) is 13.6. The van der Waals surface area contributed by atoms with E-state index in [1.165, 1.54) is 41.7 Å². The maximum absolute atomic E-state index is 6.58. The Labute approximate surface area is 278 Å². The second-order valence-electron chi connectivity index (χ2n) is 12.5. The van der Waals surface area contributed by atoms with Gasteiger partial charge in [0, 0.05) is 70.2 Å². The fourth-order valence-corrected chi connectivity index (χ4v) is 8.78. The first-order chi connectivity index (χ1) is 23.8. The van der Waals surface area contributed by atoms with Crippen LogP contribution < -0.4 is 4.90 Å². The summed E-state index contributed by atoms with van der Waals surface area (Å²) in [5.74, 6) is 0. The van der Waals surface area contributed by atoms with Crippen molar-refractivity contribution in [1.29, 1.82) is 0 Å². The van der Waals surface area contributed by atoms with E-state index in [0.717, 1.165) is 60.9 Å². The van der Waals surface area contributed by atoms with E-state index in [0.29, 0.717) is 0 Å². The van der Waals surface area contributed by atoms with Crippen molar-refractivity contribution in [2.45, 2.75) is 0 Å². The molecule has 0 aliphatic rings. The zero-order valence-corrected chi connectivity index (χ0v) is 26.4. The lowest BCUT2D eigenvalue weighted by Crippen LogP contribution is -2.09. The van der Waals surface area contributed by atoms with Crippen molar-refractivity contribution in [3.8, 4) is 0 Å². The van der Waals surface area contributed by atoms with Gasteiger partial charge in [-0.05, 0) is 82.9 Å². The molecule has 0 fully saturated rings. The zero-order valence-electron chi connectivity index (χ0n) is 25.6. The third-order valence-corrected chi connectivity index (χ3v) is 11.0. The Morgan fingerprint density at radius 1 is 0.375 bits per heavy atom. The molecular formula is C44H25NO2S. The molecule has 0 atom stereocenters. The largest absolute Gasteiger partial charge is 0.456 e. The Morgan fingerprint density at radius 3 is 1.94 bits per heavy atom. The number of benzene rings is 8. The summed E-state index contributed by atoms with van der Waals surface area (Å²) in [6, 6.07) is 54.0. The summed E-state index contributed by atoms with van der Waals surface area (Å²) in [5.41, 5.74) is 6.86. The molecule has 8 aromatic carbocycles. The van der Waals surface area contributed by atoms with Crippen LogP contribution in [0.1, 0.15) is 0 Å². The standard InChI is InChI=1S/C44H25NO2S/c1-2-10-28(11-3-1)45(30-16-19-33-38(25-30)46-36-20-15-26-8-4-6-12-31(26)41(33)36)29-17-22-39-35(24-29)43-40(48-39)23-21-37-42(43)34-18-14-27-9-5-7-13-32(27)44(34)47-37/h1-25H. The SMILES string of the molecule is c1ccc(N(c2ccc3c(c2)oc2ccc4ccccc4c23)c2ccc3sc4ccc5oc6c7ccccc7ccc6c5c4c3c2)cc1. The highest BCUT2D eigenvalue weighted by Crippen LogP contribution is 2.46. The van der Waals surface area contributed by atoms with Crippen molar-refractivity contribution in [2.24, 2.45) is 0 Å². The molecule has 0 N–H and O–H groups in total. The van der Waals surface area contributed by atoms with Crippen LogP contribution in [0, 0.1) is 0 Å². The summed E-state index contributed by atoms with van der Waals surface area (Å²) in [5, 5.41) is 11.8. The summed E-state index contributed by atoms with van der Waals surface area (Å²) < 4.78 is 15.6. The summed E-state index contributed by atoms with van der Waals surface area (Å²) in [4.78, 5) is 2.33. The van der Waals surface area contributed by atoms with E-state index in [1.54, 1.807) is 0 Å². The van der Waals surface area contributed by atoms with Crippen LogP contribution in [-0.4, -0.2) is 0 Å². The molecule has 0 aliphatic carbocycles. The van der Waals surface area contributed by atoms with Crippen LogP contribution in [0.3, 0.4) is 0 Å². The number of fused-ring (bicyclic) bond motifs is 14. The van der Waals surface area contributed by atoms with Gasteiger partial charge < -0.3 is 13.7 Å². The Hall–Kier alpha value is -6.10. The van der Waals surface area contributed by atoms with Crippen molar-refractivity contribution in [3.63, 3.8) is 0 Å². The van der Waals surface area contributed by atoms with Gasteiger partial charge in [-0.1, -0.05) is 78.9 Å². The lowest BCUT2D eigenvalue weighted by atomic mass is 10.0. The predicted molar refractivity (Wildman–Crippen MR) is 204 cm³/mol. The van der Waals surface area contributed by atoms with E-state index >= 15 is 0 Å². The second kappa shape index (κ2) is 9.71. The molecule has 11 rings (SSSR count). The number of hydrogen-bond donors (Lipinski definition) is 0. The maximum Gasteiger partial charge on any atom is 0.143 e. The smallest absolute Gasteiger partial charge is 0.143 e.